The van der Waals surface area contributed by atoms with Gasteiger partial charge < -0.3 is 10.4 Å². The number of carboxylic acid groups (broad SMARTS) is 1. The van der Waals surface area contributed by atoms with Gasteiger partial charge in [0.2, 0.25) is 0 Å². The van der Waals surface area contributed by atoms with E-state index >= 15 is 0 Å². The lowest BCUT2D eigenvalue weighted by Crippen LogP contribution is -2.47. The summed E-state index contributed by atoms with van der Waals surface area (Å²) < 4.78 is 13.3. The molecule has 1 saturated heterocycles. The third-order valence-corrected chi connectivity index (χ3v) is 3.78. The standard InChI is InChI=1S/C15H16FN3O2/c16-11-4-5-12-10(9-11)6-7-17-14(12)18-13-3-1-2-8-19(13)15(20)21/h4-7,9,13H,1-3,8H2,(H,17,18)(H,20,21). The van der Waals surface area contributed by atoms with Crippen LogP contribution in [0.1, 0.15) is 19.3 Å². The highest BCUT2D eigenvalue weighted by Gasteiger charge is 2.26. The first-order valence-electron chi connectivity index (χ1n) is 6.95. The van der Waals surface area contributed by atoms with E-state index in [1.54, 1.807) is 18.3 Å². The molecule has 6 heteroatoms. The van der Waals surface area contributed by atoms with Crippen molar-refractivity contribution in [1.82, 2.24) is 9.88 Å². The zero-order chi connectivity index (χ0) is 14.8. The largest absolute Gasteiger partial charge is 0.465 e. The molecule has 21 heavy (non-hydrogen) atoms. The van der Waals surface area contributed by atoms with E-state index in [1.807, 2.05) is 0 Å². The number of hydrogen-bond donors (Lipinski definition) is 2. The predicted octanol–water partition coefficient (Wildman–Crippen LogP) is 3.28. The molecule has 1 unspecified atom stereocenters. The van der Waals surface area contributed by atoms with E-state index in [0.29, 0.717) is 12.4 Å². The van der Waals surface area contributed by atoms with E-state index in [-0.39, 0.29) is 12.0 Å². The Bertz CT molecular complexity index is 677. The summed E-state index contributed by atoms with van der Waals surface area (Å²) in [5, 5.41) is 14.0. The third kappa shape index (κ3) is 2.74. The zero-order valence-electron chi connectivity index (χ0n) is 11.4. The van der Waals surface area contributed by atoms with Gasteiger partial charge >= 0.3 is 6.09 Å². The number of carbonyl (C=O) groups is 1. The van der Waals surface area contributed by atoms with Gasteiger partial charge in [-0.1, -0.05) is 0 Å². The normalized spacial score (nSPS) is 18.7. The number of likely N-dealkylation sites (tertiary alicyclic amines) is 1. The van der Waals surface area contributed by atoms with Crippen LogP contribution in [-0.2, 0) is 0 Å². The summed E-state index contributed by atoms with van der Waals surface area (Å²) in [6.45, 7) is 0.520. The van der Waals surface area contributed by atoms with Crippen molar-refractivity contribution in [2.45, 2.75) is 25.4 Å². The Morgan fingerprint density at radius 2 is 2.24 bits per heavy atom. The summed E-state index contributed by atoms with van der Waals surface area (Å²) in [7, 11) is 0. The number of aromatic nitrogens is 1. The maximum Gasteiger partial charge on any atom is 0.408 e. The summed E-state index contributed by atoms with van der Waals surface area (Å²) in [5.74, 6) is 0.287. The minimum absolute atomic E-state index is 0.292. The van der Waals surface area contributed by atoms with Crippen molar-refractivity contribution in [1.29, 1.82) is 0 Å². The van der Waals surface area contributed by atoms with Crippen molar-refractivity contribution in [3.8, 4) is 0 Å². The third-order valence-electron chi connectivity index (χ3n) is 3.78. The molecule has 0 spiro atoms. The second kappa shape index (κ2) is 5.55. The van der Waals surface area contributed by atoms with Gasteiger partial charge in [0.15, 0.2) is 0 Å². The van der Waals surface area contributed by atoms with Crippen LogP contribution in [0, 0.1) is 5.82 Å². The van der Waals surface area contributed by atoms with Crippen LogP contribution in [-0.4, -0.2) is 33.8 Å². The number of fused-ring (bicyclic) bond motifs is 1. The second-order valence-electron chi connectivity index (χ2n) is 5.16. The number of anilines is 1. The molecule has 3 rings (SSSR count). The summed E-state index contributed by atoms with van der Waals surface area (Å²) in [6.07, 6.45) is 2.96. The van der Waals surface area contributed by atoms with Crippen molar-refractivity contribution in [2.75, 3.05) is 11.9 Å². The zero-order valence-corrected chi connectivity index (χ0v) is 11.4. The fourth-order valence-electron chi connectivity index (χ4n) is 2.73. The molecular formula is C15H16FN3O2. The Balaban J connectivity index is 1.92. The van der Waals surface area contributed by atoms with Crippen LogP contribution < -0.4 is 5.32 Å². The molecule has 1 fully saturated rings. The molecular weight excluding hydrogens is 273 g/mol. The Kier molecular flexibility index (Phi) is 3.60. The van der Waals surface area contributed by atoms with Gasteiger partial charge in [0, 0.05) is 18.1 Å². The molecule has 0 radical (unpaired) electrons. The van der Waals surface area contributed by atoms with Gasteiger partial charge in [-0.05, 0) is 48.9 Å². The van der Waals surface area contributed by atoms with Gasteiger partial charge in [-0.15, -0.1) is 0 Å². The highest BCUT2D eigenvalue weighted by Crippen LogP contribution is 2.25. The summed E-state index contributed by atoms with van der Waals surface area (Å²) in [4.78, 5) is 16.9. The van der Waals surface area contributed by atoms with Gasteiger partial charge in [-0.2, -0.15) is 0 Å². The molecule has 1 aliphatic heterocycles. The number of nitrogens with zero attached hydrogens (tertiary/aromatic N) is 2. The smallest absolute Gasteiger partial charge is 0.408 e. The highest BCUT2D eigenvalue weighted by atomic mass is 19.1. The molecule has 110 valence electrons. The van der Waals surface area contributed by atoms with Gasteiger partial charge in [-0.25, -0.2) is 14.2 Å². The molecule has 0 saturated carbocycles. The average Bonchev–Trinajstić information content (AvgIpc) is 2.47. The van der Waals surface area contributed by atoms with Crippen molar-refractivity contribution in [2.24, 2.45) is 0 Å². The second-order valence-corrected chi connectivity index (χ2v) is 5.16. The Morgan fingerprint density at radius 3 is 3.05 bits per heavy atom. The Hall–Kier alpha value is -2.37. The van der Waals surface area contributed by atoms with E-state index in [9.17, 15) is 14.3 Å². The first-order chi connectivity index (χ1) is 10.1. The van der Waals surface area contributed by atoms with Gasteiger partial charge in [0.1, 0.15) is 17.8 Å². The minimum atomic E-state index is -0.932. The molecule has 1 atom stereocenters. The molecule has 1 aromatic carbocycles. The molecule has 2 N–H and O–H groups in total. The molecule has 5 nitrogen and oxygen atoms in total. The summed E-state index contributed by atoms with van der Waals surface area (Å²) in [5.41, 5.74) is 0. The maximum atomic E-state index is 13.3. The first-order valence-corrected chi connectivity index (χ1v) is 6.95. The van der Waals surface area contributed by atoms with Gasteiger partial charge in [0.05, 0.1) is 0 Å². The lowest BCUT2D eigenvalue weighted by Gasteiger charge is -2.34. The average molecular weight is 289 g/mol. The topological polar surface area (TPSA) is 65.5 Å². The molecule has 1 amide bonds. The van der Waals surface area contributed by atoms with Crippen LogP contribution in [0.2, 0.25) is 0 Å². The molecule has 2 heterocycles. The van der Waals surface area contributed by atoms with E-state index in [0.717, 1.165) is 30.0 Å². The minimum Gasteiger partial charge on any atom is -0.465 e. The monoisotopic (exact) mass is 289 g/mol. The summed E-state index contributed by atoms with van der Waals surface area (Å²) >= 11 is 0. The first kappa shape index (κ1) is 13.6. The number of nitrogens with one attached hydrogen (secondary N) is 1. The number of pyridine rings is 1. The van der Waals surface area contributed by atoms with E-state index in [2.05, 4.69) is 10.3 Å². The number of amides is 1. The number of halogens is 1. The highest BCUT2D eigenvalue weighted by molar-refractivity contribution is 5.91. The number of hydrogen-bond acceptors (Lipinski definition) is 3. The molecule has 1 aromatic heterocycles. The number of rotatable bonds is 2. The van der Waals surface area contributed by atoms with Crippen molar-refractivity contribution < 1.29 is 14.3 Å². The lowest BCUT2D eigenvalue weighted by molar-refractivity contribution is 0.114. The molecule has 0 aliphatic carbocycles. The van der Waals surface area contributed by atoms with E-state index < -0.39 is 6.09 Å². The molecule has 0 bridgehead atoms. The Labute approximate surface area is 121 Å². The number of piperidine rings is 1. The van der Waals surface area contributed by atoms with Crippen LogP contribution in [0.3, 0.4) is 0 Å². The van der Waals surface area contributed by atoms with Gasteiger partial charge in [0.25, 0.3) is 0 Å². The maximum absolute atomic E-state index is 13.3. The fraction of sp³-hybridized carbons (Fsp3) is 0.333. The van der Waals surface area contributed by atoms with Crippen LogP contribution in [0.15, 0.2) is 30.5 Å². The van der Waals surface area contributed by atoms with Crippen LogP contribution in [0.5, 0.6) is 0 Å². The van der Waals surface area contributed by atoms with Crippen LogP contribution in [0.25, 0.3) is 10.8 Å². The Morgan fingerprint density at radius 1 is 1.38 bits per heavy atom. The van der Waals surface area contributed by atoms with Crippen molar-refractivity contribution in [3.63, 3.8) is 0 Å². The van der Waals surface area contributed by atoms with Crippen LogP contribution >= 0.6 is 0 Å². The predicted molar refractivity (Wildman–Crippen MR) is 77.7 cm³/mol. The molecule has 1 aliphatic rings. The molecule has 2 aromatic rings. The van der Waals surface area contributed by atoms with Crippen molar-refractivity contribution in [3.05, 3.63) is 36.3 Å². The van der Waals surface area contributed by atoms with E-state index in [4.69, 9.17) is 0 Å². The van der Waals surface area contributed by atoms with Crippen LogP contribution in [0.4, 0.5) is 15.0 Å². The van der Waals surface area contributed by atoms with Gasteiger partial charge in [-0.3, -0.25) is 4.90 Å². The SMILES string of the molecule is O=C(O)N1CCCCC1Nc1nccc2cc(F)ccc12. The van der Waals surface area contributed by atoms with Crippen molar-refractivity contribution >= 4 is 22.7 Å². The fourth-order valence-corrected chi connectivity index (χ4v) is 2.73. The quantitative estimate of drug-likeness (QED) is 0.890. The lowest BCUT2D eigenvalue weighted by atomic mass is 10.1. The number of benzene rings is 1. The van der Waals surface area contributed by atoms with E-state index in [1.165, 1.54) is 17.0 Å². The summed E-state index contributed by atoms with van der Waals surface area (Å²) in [6, 6.07) is 6.22.